The van der Waals surface area contributed by atoms with Crippen LogP contribution >= 0.6 is 0 Å². The van der Waals surface area contributed by atoms with E-state index in [1.165, 1.54) is 22.3 Å². The third-order valence-corrected chi connectivity index (χ3v) is 12.8. The van der Waals surface area contributed by atoms with Gasteiger partial charge in [0, 0.05) is 33.2 Å². The Kier molecular flexibility index (Phi) is 10.5. The molecule has 65 heavy (non-hydrogen) atoms. The topological polar surface area (TPSA) is 83.7 Å². The van der Waals surface area contributed by atoms with Crippen molar-refractivity contribution in [2.45, 2.75) is 105 Å². The fourth-order valence-corrected chi connectivity index (χ4v) is 8.83. The van der Waals surface area contributed by atoms with Gasteiger partial charge in [-0.1, -0.05) is 180 Å². The highest BCUT2D eigenvalue weighted by Gasteiger charge is 2.29. The van der Waals surface area contributed by atoms with Crippen molar-refractivity contribution in [1.29, 1.82) is 0 Å². The third-order valence-electron chi connectivity index (χ3n) is 12.8. The predicted molar refractivity (Wildman–Crippen MR) is 271 cm³/mol. The van der Waals surface area contributed by atoms with Crippen molar-refractivity contribution in [2.75, 3.05) is 0 Å². The Labute approximate surface area is 383 Å². The molecule has 6 nitrogen and oxygen atoms in total. The Morgan fingerprint density at radius 2 is 0.662 bits per heavy atom. The van der Waals surface area contributed by atoms with Crippen molar-refractivity contribution in [2.24, 2.45) is 0 Å². The number of nitrogens with one attached hydrogen (secondary N) is 2. The highest BCUT2D eigenvalue weighted by Crippen LogP contribution is 2.41. The van der Waals surface area contributed by atoms with Gasteiger partial charge in [-0.15, -0.1) is 0 Å². The first-order valence-corrected chi connectivity index (χ1v) is 22.8. The first-order chi connectivity index (χ1) is 30.6. The summed E-state index contributed by atoms with van der Waals surface area (Å²) < 4.78 is 6.33. The Morgan fingerprint density at radius 1 is 0.369 bits per heavy atom. The molecule has 6 heteroatoms. The Bertz CT molecular complexity index is 3170. The molecule has 0 spiro atoms. The molecule has 0 fully saturated rings. The fourth-order valence-electron chi connectivity index (χ4n) is 8.83. The zero-order chi connectivity index (χ0) is 46.2. The lowest BCUT2D eigenvalue weighted by atomic mass is 9.86. The first-order valence-electron chi connectivity index (χ1n) is 22.8. The van der Waals surface area contributed by atoms with E-state index in [9.17, 15) is 4.79 Å². The minimum absolute atomic E-state index is 0.00875. The first kappa shape index (κ1) is 43.5. The van der Waals surface area contributed by atoms with Crippen molar-refractivity contribution in [1.82, 2.24) is 19.9 Å². The molecule has 7 aromatic rings. The maximum Gasteiger partial charge on any atom is 0.364 e. The number of carbonyl (C=O) groups is 1. The van der Waals surface area contributed by atoms with E-state index in [-0.39, 0.29) is 33.2 Å². The Morgan fingerprint density at radius 3 is 1.00 bits per heavy atom. The molecule has 2 aliphatic heterocycles. The zero-order valence-corrected chi connectivity index (χ0v) is 39.9. The predicted octanol–water partition coefficient (Wildman–Crippen LogP) is 15.6. The second-order valence-electron chi connectivity index (χ2n) is 21.8. The highest BCUT2D eigenvalue weighted by molar-refractivity contribution is 6.05. The maximum absolute atomic E-state index is 14.5. The van der Waals surface area contributed by atoms with Crippen LogP contribution in [0.4, 0.5) is 0 Å². The number of nitrogens with zero attached hydrogens (tertiary/aromatic N) is 2. The minimum Gasteiger partial charge on any atom is -0.402 e. The average molecular weight is 857 g/mol. The molecule has 0 unspecified atom stereocenters. The number of esters is 1. The standard InChI is InChI=1S/C59H60N4O2/c1-56(2,3)39-21-13-35(14-22-39)49-43-29-30-44(60-43)50(36-15-23-40(24-16-36)57(4,5)6)46-32-34-48(62-46)52(38-19-27-42(28-20-38)59(10,11)12)54-63-53(55(64)65-54)51(47-33-31-45(49)61-47)37-17-25-41(26-18-37)58(7,8)9/h13-34,61-62H,1-12H3. The van der Waals surface area contributed by atoms with E-state index >= 15 is 0 Å². The number of ether oxygens (including phenoxy) is 1. The summed E-state index contributed by atoms with van der Waals surface area (Å²) in [6.07, 6.45) is 4.25. The van der Waals surface area contributed by atoms with E-state index in [1.807, 2.05) is 6.07 Å². The van der Waals surface area contributed by atoms with Gasteiger partial charge in [0.15, 0.2) is 5.69 Å². The van der Waals surface area contributed by atoms with Crippen LogP contribution in [0.15, 0.2) is 121 Å². The van der Waals surface area contributed by atoms with Crippen molar-refractivity contribution in [3.05, 3.63) is 161 Å². The quantitative estimate of drug-likeness (QED) is 0.173. The van der Waals surface area contributed by atoms with Crippen LogP contribution in [0, 0.1) is 0 Å². The van der Waals surface area contributed by atoms with Gasteiger partial charge in [0.25, 0.3) is 0 Å². The summed E-state index contributed by atoms with van der Waals surface area (Å²) in [6, 6.07) is 42.9. The largest absolute Gasteiger partial charge is 0.402 e. The molecule has 0 aliphatic carbocycles. The molecule has 0 amide bonds. The van der Waals surface area contributed by atoms with Gasteiger partial charge in [-0.2, -0.15) is 0 Å². The van der Waals surface area contributed by atoms with Crippen LogP contribution in [0.3, 0.4) is 0 Å². The molecule has 3 aromatic heterocycles. The zero-order valence-electron chi connectivity index (χ0n) is 39.9. The summed E-state index contributed by atoms with van der Waals surface area (Å²) in [5.41, 5.74) is 16.9. The van der Waals surface area contributed by atoms with E-state index in [2.05, 4.69) is 220 Å². The molecule has 0 saturated heterocycles. The Hall–Kier alpha value is -6.79. The SMILES string of the molecule is CC(C)(C)c1ccc(-c2c3nc(c(-c4ccc(C(C)(C)C)cc4)c4ccc([nH]4)c(-c4ccc(C(C)(C)C)cc4)c4nc(c(-c5ccc(C(C)(C)C)cc5)c5ccc2[nH]5)OC4=O)C=C3)cc1. The lowest BCUT2D eigenvalue weighted by Gasteiger charge is -2.19. The van der Waals surface area contributed by atoms with Crippen LogP contribution in [-0.4, -0.2) is 25.9 Å². The number of hydrogen-bond acceptors (Lipinski definition) is 4. The molecule has 328 valence electrons. The van der Waals surface area contributed by atoms with Crippen LogP contribution in [0.5, 0.6) is 5.88 Å². The Balaban J connectivity index is 1.43. The average Bonchev–Trinajstić information content (AvgIpc) is 4.08. The molecular formula is C59H60N4O2. The van der Waals surface area contributed by atoms with Crippen LogP contribution in [-0.2, 0) is 21.7 Å². The number of aromatic amines is 2. The molecule has 8 bridgehead atoms. The number of carbonyl (C=O) groups excluding carboxylic acids is 1. The number of H-pyrrole nitrogens is 2. The van der Waals surface area contributed by atoms with Crippen molar-refractivity contribution in [3.63, 3.8) is 0 Å². The van der Waals surface area contributed by atoms with Crippen LogP contribution in [0.2, 0.25) is 0 Å². The smallest absolute Gasteiger partial charge is 0.364 e. The van der Waals surface area contributed by atoms with Gasteiger partial charge in [-0.25, -0.2) is 14.8 Å². The molecule has 5 heterocycles. The maximum atomic E-state index is 14.5. The van der Waals surface area contributed by atoms with Crippen LogP contribution in [0.25, 0.3) is 78.7 Å². The van der Waals surface area contributed by atoms with Gasteiger partial charge in [-0.05, 0) is 103 Å². The van der Waals surface area contributed by atoms with E-state index in [1.54, 1.807) is 0 Å². The summed E-state index contributed by atoms with van der Waals surface area (Å²) >= 11 is 0. The van der Waals surface area contributed by atoms with Crippen LogP contribution in [0.1, 0.15) is 127 Å². The number of fused-ring (bicyclic) bond motifs is 8. The van der Waals surface area contributed by atoms with E-state index in [4.69, 9.17) is 14.7 Å². The number of rotatable bonds is 4. The number of aromatic nitrogens is 4. The summed E-state index contributed by atoms with van der Waals surface area (Å²) in [5, 5.41) is 0. The second kappa shape index (κ2) is 15.7. The monoisotopic (exact) mass is 856 g/mol. The number of hydrogen-bond donors (Lipinski definition) is 2. The molecule has 2 aliphatic rings. The summed E-state index contributed by atoms with van der Waals surface area (Å²) in [4.78, 5) is 32.8. The van der Waals surface area contributed by atoms with Crippen LogP contribution < -0.4 is 4.74 Å². The lowest BCUT2D eigenvalue weighted by molar-refractivity contribution is 0.0755. The molecule has 0 radical (unpaired) electrons. The molecule has 4 aromatic carbocycles. The van der Waals surface area contributed by atoms with Gasteiger partial charge in [0.1, 0.15) is 0 Å². The highest BCUT2D eigenvalue weighted by atomic mass is 16.5. The minimum atomic E-state index is -0.513. The number of benzene rings is 4. The summed E-state index contributed by atoms with van der Waals surface area (Å²) in [5.74, 6) is -0.276. The normalized spacial score (nSPS) is 13.3. The molecule has 0 saturated carbocycles. The lowest BCUT2D eigenvalue weighted by Crippen LogP contribution is -2.10. The van der Waals surface area contributed by atoms with E-state index in [0.717, 1.165) is 66.8 Å². The van der Waals surface area contributed by atoms with Gasteiger partial charge in [0.2, 0.25) is 5.88 Å². The molecule has 2 N–H and O–H groups in total. The van der Waals surface area contributed by atoms with E-state index < -0.39 is 5.97 Å². The van der Waals surface area contributed by atoms with E-state index in [0.29, 0.717) is 11.1 Å². The summed E-state index contributed by atoms with van der Waals surface area (Å²) in [7, 11) is 0. The van der Waals surface area contributed by atoms with Crippen molar-refractivity contribution in [3.8, 4) is 50.4 Å². The molecular weight excluding hydrogens is 797 g/mol. The summed E-state index contributed by atoms with van der Waals surface area (Å²) in [6.45, 7) is 26.6. The van der Waals surface area contributed by atoms with Gasteiger partial charge in [0.05, 0.1) is 22.5 Å². The van der Waals surface area contributed by atoms with Gasteiger partial charge in [-0.3, -0.25) is 0 Å². The van der Waals surface area contributed by atoms with Crippen molar-refractivity contribution >= 4 is 40.2 Å². The van der Waals surface area contributed by atoms with Crippen molar-refractivity contribution < 1.29 is 9.53 Å². The van der Waals surface area contributed by atoms with Gasteiger partial charge < -0.3 is 14.7 Å². The fraction of sp³-hybridized carbons (Fsp3) is 0.271. The molecule has 0 atom stereocenters. The second-order valence-corrected chi connectivity index (χ2v) is 21.8. The van der Waals surface area contributed by atoms with Gasteiger partial charge >= 0.3 is 5.97 Å². The third kappa shape index (κ3) is 8.39. The molecule has 9 rings (SSSR count).